The number of carbonyl (C=O) groups is 3. The third kappa shape index (κ3) is 4.54. The van der Waals surface area contributed by atoms with Gasteiger partial charge in [-0.1, -0.05) is 0 Å². The SMILES string of the molecule is CCOC(=O)c1sc(NC(=O)C(C)n2cc(C)cn2)c(C(=O)OCC)c1C. The maximum absolute atomic E-state index is 12.6. The maximum atomic E-state index is 12.6. The molecule has 27 heavy (non-hydrogen) atoms. The molecule has 0 spiro atoms. The van der Waals surface area contributed by atoms with Gasteiger partial charge in [0.25, 0.3) is 0 Å². The van der Waals surface area contributed by atoms with Crippen molar-refractivity contribution in [1.29, 1.82) is 0 Å². The van der Waals surface area contributed by atoms with Gasteiger partial charge in [-0.2, -0.15) is 5.10 Å². The number of hydrogen-bond donors (Lipinski definition) is 1. The molecule has 1 atom stereocenters. The molecule has 0 saturated heterocycles. The van der Waals surface area contributed by atoms with Gasteiger partial charge in [-0.15, -0.1) is 11.3 Å². The van der Waals surface area contributed by atoms with E-state index in [9.17, 15) is 14.4 Å². The van der Waals surface area contributed by atoms with Gasteiger partial charge in [-0.3, -0.25) is 9.48 Å². The Morgan fingerprint density at radius 1 is 1.19 bits per heavy atom. The molecule has 9 heteroatoms. The quantitative estimate of drug-likeness (QED) is 0.726. The van der Waals surface area contributed by atoms with E-state index in [2.05, 4.69) is 10.4 Å². The predicted octanol–water partition coefficient (Wildman–Crippen LogP) is 3.11. The number of carbonyl (C=O) groups excluding carboxylic acids is 3. The molecule has 2 aromatic heterocycles. The molecule has 1 unspecified atom stereocenters. The van der Waals surface area contributed by atoms with Gasteiger partial charge in [0.05, 0.1) is 25.0 Å². The molecule has 1 amide bonds. The smallest absolute Gasteiger partial charge is 0.348 e. The van der Waals surface area contributed by atoms with Crippen molar-refractivity contribution in [3.8, 4) is 0 Å². The first-order valence-electron chi connectivity index (χ1n) is 8.59. The molecule has 0 aliphatic carbocycles. The molecule has 0 aliphatic heterocycles. The predicted molar refractivity (Wildman–Crippen MR) is 101 cm³/mol. The largest absolute Gasteiger partial charge is 0.462 e. The summed E-state index contributed by atoms with van der Waals surface area (Å²) >= 11 is 0.998. The van der Waals surface area contributed by atoms with Crippen LogP contribution in [0.15, 0.2) is 12.4 Å². The molecule has 0 aromatic carbocycles. The first-order valence-corrected chi connectivity index (χ1v) is 9.40. The van der Waals surface area contributed by atoms with E-state index in [1.807, 2.05) is 6.92 Å². The molecule has 2 rings (SSSR count). The topological polar surface area (TPSA) is 99.5 Å². The van der Waals surface area contributed by atoms with Crippen molar-refractivity contribution < 1.29 is 23.9 Å². The van der Waals surface area contributed by atoms with E-state index in [1.165, 1.54) is 4.68 Å². The lowest BCUT2D eigenvalue weighted by Gasteiger charge is -2.13. The summed E-state index contributed by atoms with van der Waals surface area (Å²) in [5, 5.41) is 7.12. The summed E-state index contributed by atoms with van der Waals surface area (Å²) in [5.74, 6) is -1.50. The minimum absolute atomic E-state index is 0.169. The van der Waals surface area contributed by atoms with E-state index in [4.69, 9.17) is 9.47 Å². The van der Waals surface area contributed by atoms with Crippen LogP contribution in [-0.2, 0) is 14.3 Å². The number of ether oxygens (including phenoxy) is 2. The lowest BCUT2D eigenvalue weighted by Crippen LogP contribution is -2.24. The zero-order valence-electron chi connectivity index (χ0n) is 16.0. The molecule has 2 aromatic rings. The van der Waals surface area contributed by atoms with Crippen LogP contribution in [0.4, 0.5) is 5.00 Å². The molecule has 0 radical (unpaired) electrons. The van der Waals surface area contributed by atoms with Gasteiger partial charge >= 0.3 is 11.9 Å². The highest BCUT2D eigenvalue weighted by atomic mass is 32.1. The first kappa shape index (κ1) is 20.6. The van der Waals surface area contributed by atoms with Gasteiger partial charge < -0.3 is 14.8 Å². The highest BCUT2D eigenvalue weighted by Gasteiger charge is 2.28. The number of amides is 1. The summed E-state index contributed by atoms with van der Waals surface area (Å²) in [6.07, 6.45) is 3.40. The third-order valence-corrected chi connectivity index (χ3v) is 5.02. The first-order chi connectivity index (χ1) is 12.8. The van der Waals surface area contributed by atoms with Crippen LogP contribution in [-0.4, -0.2) is 40.8 Å². The molecular weight excluding hydrogens is 370 g/mol. The Bertz CT molecular complexity index is 855. The zero-order valence-corrected chi connectivity index (χ0v) is 16.8. The van der Waals surface area contributed by atoms with Gasteiger partial charge in [0.1, 0.15) is 15.9 Å². The summed E-state index contributed by atoms with van der Waals surface area (Å²) in [4.78, 5) is 37.4. The van der Waals surface area contributed by atoms with Crippen molar-refractivity contribution in [2.45, 2.75) is 40.7 Å². The Morgan fingerprint density at radius 2 is 1.81 bits per heavy atom. The molecule has 146 valence electrons. The highest BCUT2D eigenvalue weighted by Crippen LogP contribution is 2.34. The van der Waals surface area contributed by atoms with Crippen molar-refractivity contribution in [3.05, 3.63) is 34.0 Å². The average Bonchev–Trinajstić information content (AvgIpc) is 3.18. The molecule has 1 N–H and O–H groups in total. The van der Waals surface area contributed by atoms with Crippen LogP contribution in [0.25, 0.3) is 0 Å². The van der Waals surface area contributed by atoms with Crippen LogP contribution in [0.1, 0.15) is 58.0 Å². The Kier molecular flexibility index (Phi) is 6.73. The molecular formula is C18H23N3O5S. The van der Waals surface area contributed by atoms with Crippen LogP contribution in [0.3, 0.4) is 0 Å². The number of esters is 2. The van der Waals surface area contributed by atoms with E-state index in [0.29, 0.717) is 5.56 Å². The lowest BCUT2D eigenvalue weighted by atomic mass is 10.1. The molecule has 2 heterocycles. The number of aromatic nitrogens is 2. The number of thiophene rings is 1. The van der Waals surface area contributed by atoms with Gasteiger partial charge in [0.15, 0.2) is 0 Å². The summed E-state index contributed by atoms with van der Waals surface area (Å²) in [6.45, 7) is 8.97. The van der Waals surface area contributed by atoms with Gasteiger partial charge in [-0.25, -0.2) is 9.59 Å². The molecule has 8 nitrogen and oxygen atoms in total. The lowest BCUT2D eigenvalue weighted by molar-refractivity contribution is -0.119. The van der Waals surface area contributed by atoms with Crippen molar-refractivity contribution in [3.63, 3.8) is 0 Å². The number of anilines is 1. The highest BCUT2D eigenvalue weighted by molar-refractivity contribution is 7.18. The van der Waals surface area contributed by atoms with Gasteiger partial charge in [0.2, 0.25) is 5.91 Å². The van der Waals surface area contributed by atoms with Gasteiger partial charge in [-0.05, 0) is 45.7 Å². The van der Waals surface area contributed by atoms with Crippen LogP contribution < -0.4 is 5.32 Å². The van der Waals surface area contributed by atoms with Crippen molar-refractivity contribution in [1.82, 2.24) is 9.78 Å². The third-order valence-electron chi connectivity index (χ3n) is 3.83. The molecule has 0 fully saturated rings. The number of rotatable bonds is 7. The Balaban J connectivity index is 2.35. The second kappa shape index (κ2) is 8.81. The van der Waals surface area contributed by atoms with Crippen molar-refractivity contribution >= 4 is 34.2 Å². The zero-order chi connectivity index (χ0) is 20.1. The number of nitrogens with zero attached hydrogens (tertiary/aromatic N) is 2. The van der Waals surface area contributed by atoms with E-state index in [0.717, 1.165) is 16.9 Å². The van der Waals surface area contributed by atoms with Gasteiger partial charge in [0, 0.05) is 6.20 Å². The Morgan fingerprint density at radius 3 is 2.37 bits per heavy atom. The minimum atomic E-state index is -0.598. The summed E-state index contributed by atoms with van der Waals surface area (Å²) in [6, 6.07) is -0.595. The van der Waals surface area contributed by atoms with E-state index >= 15 is 0 Å². The number of nitrogens with one attached hydrogen (secondary N) is 1. The monoisotopic (exact) mass is 393 g/mol. The fraction of sp³-hybridized carbons (Fsp3) is 0.444. The maximum Gasteiger partial charge on any atom is 0.348 e. The van der Waals surface area contributed by atoms with E-state index < -0.39 is 18.0 Å². The van der Waals surface area contributed by atoms with Crippen LogP contribution >= 0.6 is 11.3 Å². The second-order valence-corrected chi connectivity index (χ2v) is 6.88. The van der Waals surface area contributed by atoms with E-state index in [-0.39, 0.29) is 34.6 Å². The summed E-state index contributed by atoms with van der Waals surface area (Å²) in [7, 11) is 0. The number of aryl methyl sites for hydroxylation is 1. The normalized spacial score (nSPS) is 11.7. The number of hydrogen-bond acceptors (Lipinski definition) is 7. The molecule has 0 aliphatic rings. The molecule has 0 saturated carbocycles. The Labute approximate surface area is 161 Å². The van der Waals surface area contributed by atoms with Crippen molar-refractivity contribution in [2.75, 3.05) is 18.5 Å². The fourth-order valence-electron chi connectivity index (χ4n) is 2.42. The standard InChI is InChI=1S/C18H23N3O5S/c1-6-25-17(23)13-11(4)14(18(24)26-7-2)27-16(13)20-15(22)12(5)21-9-10(3)8-19-21/h8-9,12H,6-7H2,1-5H3,(H,20,22). The average molecular weight is 393 g/mol. The van der Waals surface area contributed by atoms with E-state index in [1.54, 1.807) is 40.1 Å². The summed E-state index contributed by atoms with van der Waals surface area (Å²) in [5.41, 5.74) is 1.52. The van der Waals surface area contributed by atoms with Crippen LogP contribution in [0, 0.1) is 13.8 Å². The minimum Gasteiger partial charge on any atom is -0.462 e. The Hall–Kier alpha value is -2.68. The van der Waals surface area contributed by atoms with Crippen LogP contribution in [0.2, 0.25) is 0 Å². The van der Waals surface area contributed by atoms with Crippen molar-refractivity contribution in [2.24, 2.45) is 0 Å². The van der Waals surface area contributed by atoms with Crippen LogP contribution in [0.5, 0.6) is 0 Å². The molecule has 0 bridgehead atoms. The fourth-order valence-corrected chi connectivity index (χ4v) is 3.51. The summed E-state index contributed by atoms with van der Waals surface area (Å²) < 4.78 is 11.6. The second-order valence-electron chi connectivity index (χ2n) is 5.86.